The van der Waals surface area contributed by atoms with Crippen LogP contribution in [0.4, 0.5) is 17.6 Å². The molecule has 0 atom stereocenters. The molecule has 0 N–H and O–H groups in total. The highest BCUT2D eigenvalue weighted by atomic mass is 19.4. The van der Waals surface area contributed by atoms with E-state index in [-0.39, 0.29) is 0 Å². The van der Waals surface area contributed by atoms with E-state index in [1.165, 1.54) is 88.5 Å². The first-order chi connectivity index (χ1) is 15.8. The Balaban J connectivity index is 1.25. The van der Waals surface area contributed by atoms with E-state index in [2.05, 4.69) is 0 Å². The summed E-state index contributed by atoms with van der Waals surface area (Å²) in [5, 5.41) is 8.46. The van der Waals surface area contributed by atoms with Gasteiger partial charge < -0.3 is 0 Å². The molecule has 0 heterocycles. The Bertz CT molecular complexity index is 774. The monoisotopic (exact) mass is 463 g/mol. The predicted octanol–water partition coefficient (Wildman–Crippen LogP) is 9.50. The van der Waals surface area contributed by atoms with Crippen molar-refractivity contribution >= 4 is 0 Å². The molecule has 1 aromatic carbocycles. The van der Waals surface area contributed by atoms with Crippen molar-refractivity contribution in [1.29, 1.82) is 5.26 Å². The molecule has 2 aliphatic rings. The SMILES string of the molecule is N#CC(F)=CCCC1CCC(CCCCC2CCC(c3ccc(C(F)(F)F)cc3)CC2)CC1. The van der Waals surface area contributed by atoms with Crippen LogP contribution in [0.1, 0.15) is 107 Å². The summed E-state index contributed by atoms with van der Waals surface area (Å²) >= 11 is 0. The van der Waals surface area contributed by atoms with Crippen LogP contribution in [0.5, 0.6) is 0 Å². The lowest BCUT2D eigenvalue weighted by Gasteiger charge is -2.30. The molecule has 2 saturated carbocycles. The lowest BCUT2D eigenvalue weighted by Crippen LogP contribution is -2.15. The van der Waals surface area contributed by atoms with Crippen LogP contribution in [0, 0.1) is 29.1 Å². The van der Waals surface area contributed by atoms with Crippen molar-refractivity contribution in [2.75, 3.05) is 0 Å². The van der Waals surface area contributed by atoms with E-state index in [9.17, 15) is 17.6 Å². The molecule has 1 aromatic rings. The largest absolute Gasteiger partial charge is 0.416 e. The van der Waals surface area contributed by atoms with Gasteiger partial charge in [-0.2, -0.15) is 22.8 Å². The van der Waals surface area contributed by atoms with Crippen molar-refractivity contribution in [3.63, 3.8) is 0 Å². The first-order valence-corrected chi connectivity index (χ1v) is 12.8. The normalized spacial score (nSPS) is 26.7. The second-order valence-corrected chi connectivity index (χ2v) is 10.2. The molecule has 182 valence electrons. The quantitative estimate of drug-likeness (QED) is 0.203. The molecule has 5 heteroatoms. The van der Waals surface area contributed by atoms with Gasteiger partial charge in [0.25, 0.3) is 0 Å². The van der Waals surface area contributed by atoms with E-state index in [1.807, 2.05) is 0 Å². The van der Waals surface area contributed by atoms with Crippen molar-refractivity contribution in [3.05, 3.63) is 47.3 Å². The van der Waals surface area contributed by atoms with E-state index >= 15 is 0 Å². The summed E-state index contributed by atoms with van der Waals surface area (Å²) in [5.41, 5.74) is 0.500. The van der Waals surface area contributed by atoms with Gasteiger partial charge in [0.15, 0.2) is 5.83 Å². The lowest BCUT2D eigenvalue weighted by atomic mass is 9.76. The molecule has 0 spiro atoms. The summed E-state index contributed by atoms with van der Waals surface area (Å²) in [6.07, 6.45) is 13.6. The summed E-state index contributed by atoms with van der Waals surface area (Å²) in [7, 11) is 0. The van der Waals surface area contributed by atoms with E-state index in [0.29, 0.717) is 18.3 Å². The Morgan fingerprint density at radius 2 is 1.30 bits per heavy atom. The van der Waals surface area contributed by atoms with Gasteiger partial charge in [0, 0.05) is 0 Å². The summed E-state index contributed by atoms with van der Waals surface area (Å²) in [5.74, 6) is 2.04. The summed E-state index contributed by atoms with van der Waals surface area (Å²) in [6, 6.07) is 7.32. The van der Waals surface area contributed by atoms with Crippen LogP contribution < -0.4 is 0 Å². The second-order valence-electron chi connectivity index (χ2n) is 10.2. The Kier molecular flexibility index (Phi) is 9.83. The van der Waals surface area contributed by atoms with Crippen molar-refractivity contribution in [3.8, 4) is 6.07 Å². The third-order valence-corrected chi connectivity index (χ3v) is 8.00. The van der Waals surface area contributed by atoms with Crippen LogP contribution in [-0.4, -0.2) is 0 Å². The maximum absolute atomic E-state index is 12.9. The number of halogens is 4. The Morgan fingerprint density at radius 3 is 1.79 bits per heavy atom. The van der Waals surface area contributed by atoms with Crippen molar-refractivity contribution in [2.24, 2.45) is 17.8 Å². The van der Waals surface area contributed by atoms with Gasteiger partial charge in [0.2, 0.25) is 0 Å². The smallest absolute Gasteiger partial charge is 0.195 e. The summed E-state index contributed by atoms with van der Waals surface area (Å²) < 4.78 is 51.1. The number of allylic oxidation sites excluding steroid dienone is 2. The van der Waals surface area contributed by atoms with Crippen LogP contribution in [0.25, 0.3) is 0 Å². The summed E-state index contributed by atoms with van der Waals surface area (Å²) in [6.45, 7) is 0. The number of nitrogens with zero attached hydrogens (tertiary/aromatic N) is 1. The lowest BCUT2D eigenvalue weighted by molar-refractivity contribution is -0.137. The third kappa shape index (κ3) is 8.47. The number of rotatable bonds is 9. The number of unbranched alkanes of at least 4 members (excludes halogenated alkanes) is 1. The fraction of sp³-hybridized carbons (Fsp3) is 0.679. The highest BCUT2D eigenvalue weighted by molar-refractivity contribution is 5.27. The van der Waals surface area contributed by atoms with Gasteiger partial charge >= 0.3 is 6.18 Å². The zero-order valence-corrected chi connectivity index (χ0v) is 19.6. The first kappa shape index (κ1) is 25.8. The minimum absolute atomic E-state index is 0.408. The molecule has 0 saturated heterocycles. The van der Waals surface area contributed by atoms with E-state index < -0.39 is 17.6 Å². The number of alkyl halides is 3. The minimum atomic E-state index is -4.26. The fourth-order valence-corrected chi connectivity index (χ4v) is 5.89. The number of nitriles is 1. The van der Waals surface area contributed by atoms with Gasteiger partial charge in [-0.15, -0.1) is 0 Å². The Labute approximate surface area is 196 Å². The number of hydrogen-bond acceptors (Lipinski definition) is 1. The molecule has 1 nitrogen and oxygen atoms in total. The highest BCUT2D eigenvalue weighted by Crippen LogP contribution is 2.39. The Morgan fingerprint density at radius 1 is 0.818 bits per heavy atom. The molecule has 0 amide bonds. The molecule has 0 aliphatic heterocycles. The van der Waals surface area contributed by atoms with Crippen molar-refractivity contribution in [2.45, 2.75) is 102 Å². The summed E-state index contributed by atoms with van der Waals surface area (Å²) in [4.78, 5) is 0. The highest BCUT2D eigenvalue weighted by Gasteiger charge is 2.30. The second kappa shape index (κ2) is 12.6. The maximum atomic E-state index is 12.9. The van der Waals surface area contributed by atoms with Gasteiger partial charge in [0.05, 0.1) is 5.56 Å². The molecule has 0 aromatic heterocycles. The topological polar surface area (TPSA) is 23.8 Å². The Hall–Kier alpha value is -1.83. The van der Waals surface area contributed by atoms with Crippen LogP contribution in [-0.2, 0) is 6.18 Å². The van der Waals surface area contributed by atoms with Gasteiger partial charge in [-0.1, -0.05) is 63.5 Å². The van der Waals surface area contributed by atoms with Gasteiger partial charge in [0.1, 0.15) is 6.07 Å². The average Bonchev–Trinajstić information content (AvgIpc) is 2.82. The number of benzene rings is 1. The molecule has 0 unspecified atom stereocenters. The maximum Gasteiger partial charge on any atom is 0.416 e. The van der Waals surface area contributed by atoms with E-state index in [0.717, 1.165) is 36.7 Å². The standard InChI is InChI=1S/C28H37F4N/c29-27(20-33)7-3-6-23-10-8-21(9-11-23)4-1-2-5-22-12-14-24(15-13-22)25-16-18-26(19-17-25)28(30,31)32/h7,16-19,21-24H,1-6,8-15H2. The molecular formula is C28H37F4N. The van der Waals surface area contributed by atoms with Crippen LogP contribution in [0.15, 0.2) is 36.2 Å². The van der Waals surface area contributed by atoms with Gasteiger partial charge in [-0.25, -0.2) is 0 Å². The van der Waals surface area contributed by atoms with Gasteiger partial charge in [-0.05, 0) is 86.0 Å². The zero-order valence-electron chi connectivity index (χ0n) is 19.6. The third-order valence-electron chi connectivity index (χ3n) is 8.00. The molecule has 0 radical (unpaired) electrons. The van der Waals surface area contributed by atoms with E-state index in [4.69, 9.17) is 5.26 Å². The molecule has 3 rings (SSSR count). The van der Waals surface area contributed by atoms with Gasteiger partial charge in [-0.3, -0.25) is 0 Å². The molecule has 0 bridgehead atoms. The van der Waals surface area contributed by atoms with Crippen LogP contribution >= 0.6 is 0 Å². The molecule has 33 heavy (non-hydrogen) atoms. The predicted molar refractivity (Wildman–Crippen MR) is 124 cm³/mol. The van der Waals surface area contributed by atoms with E-state index in [1.54, 1.807) is 12.1 Å². The average molecular weight is 464 g/mol. The first-order valence-electron chi connectivity index (χ1n) is 12.8. The zero-order chi connectivity index (χ0) is 23.7. The van der Waals surface area contributed by atoms with Crippen molar-refractivity contribution in [1.82, 2.24) is 0 Å². The molecular weight excluding hydrogens is 426 g/mol. The minimum Gasteiger partial charge on any atom is -0.195 e. The van der Waals surface area contributed by atoms with Crippen LogP contribution in [0.2, 0.25) is 0 Å². The molecule has 2 aliphatic carbocycles. The number of hydrogen-bond donors (Lipinski definition) is 0. The van der Waals surface area contributed by atoms with Crippen molar-refractivity contribution < 1.29 is 17.6 Å². The molecule has 2 fully saturated rings. The fourth-order valence-electron chi connectivity index (χ4n) is 5.89. The van der Waals surface area contributed by atoms with Crippen LogP contribution in [0.3, 0.4) is 0 Å².